The Kier molecular flexibility index (Phi) is 4.82. The molecule has 0 aromatic carbocycles. The summed E-state index contributed by atoms with van der Waals surface area (Å²) in [7, 11) is 0. The molecular weight excluding hydrogens is 209 g/mol. The van der Waals surface area contributed by atoms with Crippen LogP contribution in [0, 0.1) is 0 Å². The average Bonchev–Trinajstić information content (AvgIpc) is 2.63. The molecule has 1 heterocycles. The minimum atomic E-state index is -4.11. The van der Waals surface area contributed by atoms with Gasteiger partial charge in [-0.2, -0.15) is 13.2 Å². The summed E-state index contributed by atoms with van der Waals surface area (Å²) in [5, 5.41) is 0. The Bertz CT molecular complexity index is 181. The van der Waals surface area contributed by atoms with E-state index in [1.165, 1.54) is 0 Å². The number of hydrazine groups is 1. The van der Waals surface area contributed by atoms with Crippen LogP contribution in [0.1, 0.15) is 32.1 Å². The van der Waals surface area contributed by atoms with E-state index in [9.17, 15) is 13.2 Å². The van der Waals surface area contributed by atoms with Crippen LogP contribution in [0.5, 0.6) is 0 Å². The van der Waals surface area contributed by atoms with Gasteiger partial charge < -0.3 is 4.74 Å². The highest BCUT2D eigenvalue weighted by molar-refractivity contribution is 4.74. The van der Waals surface area contributed by atoms with Crippen LogP contribution in [0.15, 0.2) is 0 Å². The van der Waals surface area contributed by atoms with E-state index in [0.717, 1.165) is 12.8 Å². The summed E-state index contributed by atoms with van der Waals surface area (Å²) in [6.07, 6.45) is -2.35. The van der Waals surface area contributed by atoms with E-state index in [4.69, 9.17) is 10.6 Å². The van der Waals surface area contributed by atoms with Crippen molar-refractivity contribution in [2.75, 3.05) is 6.61 Å². The van der Waals surface area contributed by atoms with Crippen molar-refractivity contribution in [1.29, 1.82) is 0 Å². The summed E-state index contributed by atoms with van der Waals surface area (Å²) in [5.41, 5.74) is 2.42. The third kappa shape index (κ3) is 5.34. The Morgan fingerprint density at radius 3 is 2.67 bits per heavy atom. The quantitative estimate of drug-likeness (QED) is 0.554. The smallest absolute Gasteiger partial charge is 0.378 e. The van der Waals surface area contributed by atoms with E-state index in [1.807, 2.05) is 0 Å². The Labute approximate surface area is 87.1 Å². The highest BCUT2D eigenvalue weighted by Crippen LogP contribution is 2.24. The minimum absolute atomic E-state index is 0.0138. The molecule has 0 amide bonds. The SMILES string of the molecule is NNC(CCC(F)(F)F)CC1CCCO1. The van der Waals surface area contributed by atoms with E-state index in [0.29, 0.717) is 13.0 Å². The first-order valence-electron chi connectivity index (χ1n) is 5.16. The number of nitrogens with two attached hydrogens (primary N) is 1. The number of halogens is 3. The van der Waals surface area contributed by atoms with Crippen molar-refractivity contribution in [2.24, 2.45) is 5.84 Å². The molecule has 0 aromatic rings. The Morgan fingerprint density at radius 2 is 2.20 bits per heavy atom. The van der Waals surface area contributed by atoms with Gasteiger partial charge in [-0.05, 0) is 25.7 Å². The molecule has 1 rings (SSSR count). The first kappa shape index (κ1) is 12.7. The largest absolute Gasteiger partial charge is 0.389 e. The van der Waals surface area contributed by atoms with E-state index in [2.05, 4.69) is 5.43 Å². The standard InChI is InChI=1S/C9H17F3N2O/c10-9(11,12)4-3-7(14-13)6-8-2-1-5-15-8/h7-8,14H,1-6,13H2. The van der Waals surface area contributed by atoms with Crippen LogP contribution < -0.4 is 11.3 Å². The molecule has 0 aromatic heterocycles. The van der Waals surface area contributed by atoms with Crippen molar-refractivity contribution in [3.8, 4) is 0 Å². The van der Waals surface area contributed by atoms with Crippen LogP contribution in [0.3, 0.4) is 0 Å². The molecule has 1 fully saturated rings. The number of hydrogen-bond acceptors (Lipinski definition) is 3. The van der Waals surface area contributed by atoms with Crippen LogP contribution in [-0.2, 0) is 4.74 Å². The van der Waals surface area contributed by atoms with Crippen molar-refractivity contribution in [2.45, 2.75) is 50.4 Å². The molecule has 0 radical (unpaired) electrons. The topological polar surface area (TPSA) is 47.3 Å². The Morgan fingerprint density at radius 1 is 1.47 bits per heavy atom. The van der Waals surface area contributed by atoms with Gasteiger partial charge >= 0.3 is 6.18 Å². The monoisotopic (exact) mass is 226 g/mol. The van der Waals surface area contributed by atoms with Gasteiger partial charge in [0.1, 0.15) is 0 Å². The maximum Gasteiger partial charge on any atom is 0.389 e. The van der Waals surface area contributed by atoms with E-state index >= 15 is 0 Å². The van der Waals surface area contributed by atoms with Crippen molar-refractivity contribution >= 4 is 0 Å². The van der Waals surface area contributed by atoms with Gasteiger partial charge in [-0.15, -0.1) is 0 Å². The second-order valence-electron chi connectivity index (χ2n) is 3.89. The second kappa shape index (κ2) is 5.67. The summed E-state index contributed by atoms with van der Waals surface area (Å²) >= 11 is 0. The molecular formula is C9H17F3N2O. The van der Waals surface area contributed by atoms with Gasteiger partial charge in [-0.25, -0.2) is 0 Å². The molecule has 6 heteroatoms. The molecule has 2 unspecified atom stereocenters. The molecule has 0 saturated carbocycles. The van der Waals surface area contributed by atoms with E-state index in [-0.39, 0.29) is 18.6 Å². The minimum Gasteiger partial charge on any atom is -0.378 e. The number of alkyl halides is 3. The van der Waals surface area contributed by atoms with Crippen molar-refractivity contribution in [3.63, 3.8) is 0 Å². The third-order valence-corrected chi connectivity index (χ3v) is 2.58. The molecule has 1 aliphatic rings. The maximum atomic E-state index is 12.0. The number of ether oxygens (including phenoxy) is 1. The van der Waals surface area contributed by atoms with E-state index < -0.39 is 12.6 Å². The highest BCUT2D eigenvalue weighted by atomic mass is 19.4. The molecule has 3 nitrogen and oxygen atoms in total. The lowest BCUT2D eigenvalue weighted by Gasteiger charge is -2.19. The average molecular weight is 226 g/mol. The molecule has 0 spiro atoms. The molecule has 3 N–H and O–H groups in total. The van der Waals surface area contributed by atoms with Gasteiger partial charge in [0.25, 0.3) is 0 Å². The lowest BCUT2D eigenvalue weighted by atomic mass is 10.0. The third-order valence-electron chi connectivity index (χ3n) is 2.58. The number of hydrogen-bond donors (Lipinski definition) is 2. The fourth-order valence-electron chi connectivity index (χ4n) is 1.75. The van der Waals surface area contributed by atoms with E-state index in [1.54, 1.807) is 0 Å². The summed E-state index contributed by atoms with van der Waals surface area (Å²) in [5.74, 6) is 5.21. The summed E-state index contributed by atoms with van der Waals surface area (Å²) in [4.78, 5) is 0. The molecule has 15 heavy (non-hydrogen) atoms. The van der Waals surface area contributed by atoms with Crippen LogP contribution >= 0.6 is 0 Å². The predicted octanol–water partition coefficient (Wildman–Crippen LogP) is 1.73. The molecule has 0 bridgehead atoms. The van der Waals surface area contributed by atoms with Gasteiger partial charge in [-0.1, -0.05) is 0 Å². The molecule has 2 atom stereocenters. The van der Waals surface area contributed by atoms with Gasteiger partial charge in [0.2, 0.25) is 0 Å². The van der Waals surface area contributed by atoms with Crippen LogP contribution in [0.25, 0.3) is 0 Å². The fraction of sp³-hybridized carbons (Fsp3) is 1.00. The lowest BCUT2D eigenvalue weighted by molar-refractivity contribution is -0.137. The molecule has 0 aliphatic carbocycles. The first-order valence-corrected chi connectivity index (χ1v) is 5.16. The highest BCUT2D eigenvalue weighted by Gasteiger charge is 2.29. The fourth-order valence-corrected chi connectivity index (χ4v) is 1.75. The lowest BCUT2D eigenvalue weighted by Crippen LogP contribution is -2.38. The Hall–Kier alpha value is -0.330. The van der Waals surface area contributed by atoms with Crippen molar-refractivity contribution < 1.29 is 17.9 Å². The summed E-state index contributed by atoms with van der Waals surface area (Å²) in [6, 6.07) is -0.310. The van der Waals surface area contributed by atoms with Gasteiger partial charge in [0.05, 0.1) is 6.10 Å². The second-order valence-corrected chi connectivity index (χ2v) is 3.89. The van der Waals surface area contributed by atoms with Crippen molar-refractivity contribution in [1.82, 2.24) is 5.43 Å². The summed E-state index contributed by atoms with van der Waals surface area (Å²) in [6.45, 7) is 0.710. The normalized spacial score (nSPS) is 24.4. The van der Waals surface area contributed by atoms with Gasteiger partial charge in [0, 0.05) is 19.1 Å². The summed E-state index contributed by atoms with van der Waals surface area (Å²) < 4.78 is 41.2. The molecule has 1 aliphatic heterocycles. The van der Waals surface area contributed by atoms with Crippen LogP contribution in [-0.4, -0.2) is 24.9 Å². The number of rotatable bonds is 5. The van der Waals surface area contributed by atoms with Gasteiger partial charge in [0.15, 0.2) is 0 Å². The Balaban J connectivity index is 2.22. The first-order chi connectivity index (χ1) is 7.01. The number of nitrogens with one attached hydrogen (secondary N) is 1. The van der Waals surface area contributed by atoms with Crippen LogP contribution in [0.4, 0.5) is 13.2 Å². The zero-order chi connectivity index (χ0) is 11.3. The predicted molar refractivity (Wildman–Crippen MR) is 50.0 cm³/mol. The van der Waals surface area contributed by atoms with Crippen molar-refractivity contribution in [3.05, 3.63) is 0 Å². The zero-order valence-corrected chi connectivity index (χ0v) is 8.52. The van der Waals surface area contributed by atoms with Crippen LogP contribution in [0.2, 0.25) is 0 Å². The maximum absolute atomic E-state index is 12.0. The zero-order valence-electron chi connectivity index (χ0n) is 8.52. The van der Waals surface area contributed by atoms with Gasteiger partial charge in [-0.3, -0.25) is 11.3 Å². The molecule has 90 valence electrons. The molecule has 1 saturated heterocycles.